The largest absolute Gasteiger partial charge is 0.394 e. The van der Waals surface area contributed by atoms with Gasteiger partial charge in [0.25, 0.3) is 0 Å². The minimum atomic E-state index is -1.59. The number of unbranched alkanes of at least 4 members (excludes halogenated alkanes) is 21. The molecular weight excluding hydrogens is 851 g/mol. The molecule has 1 aliphatic heterocycles. The Morgan fingerprint density at radius 3 is 1.41 bits per heavy atom. The highest BCUT2D eigenvalue weighted by molar-refractivity contribution is 5.76. The van der Waals surface area contributed by atoms with E-state index in [1.54, 1.807) is 6.08 Å². The van der Waals surface area contributed by atoms with Gasteiger partial charge in [-0.05, 0) is 83.5 Å². The highest BCUT2D eigenvalue weighted by Crippen LogP contribution is 2.23. The molecule has 1 rings (SSSR count). The lowest BCUT2D eigenvalue weighted by Gasteiger charge is -2.40. The van der Waals surface area contributed by atoms with Crippen molar-refractivity contribution in [3.05, 3.63) is 97.2 Å². The van der Waals surface area contributed by atoms with Gasteiger partial charge in [0.2, 0.25) is 5.91 Å². The smallest absolute Gasteiger partial charge is 0.220 e. The molecule has 0 aromatic heterocycles. The summed E-state index contributed by atoms with van der Waals surface area (Å²) in [4.78, 5) is 13.0. The molecule has 390 valence electrons. The van der Waals surface area contributed by atoms with E-state index in [0.29, 0.717) is 6.42 Å². The second-order valence-electron chi connectivity index (χ2n) is 18.6. The molecular formula is C59H101NO8. The first kappa shape index (κ1) is 63.1. The molecule has 9 heteroatoms. The molecule has 1 amide bonds. The number of rotatable bonds is 45. The Hall–Kier alpha value is -2.89. The molecule has 0 aromatic carbocycles. The number of amides is 1. The Kier molecular flexibility index (Phi) is 44.3. The second-order valence-corrected chi connectivity index (χ2v) is 18.6. The third-order valence-electron chi connectivity index (χ3n) is 12.4. The molecule has 0 spiro atoms. The fourth-order valence-corrected chi connectivity index (χ4v) is 8.06. The lowest BCUT2D eigenvalue weighted by atomic mass is 9.99. The summed E-state index contributed by atoms with van der Waals surface area (Å²) in [5.74, 6) is -0.231. The molecule has 7 atom stereocenters. The normalized spacial score (nSPS) is 20.4. The van der Waals surface area contributed by atoms with Crippen molar-refractivity contribution in [2.75, 3.05) is 13.2 Å². The maximum absolute atomic E-state index is 13.0. The summed E-state index contributed by atoms with van der Waals surface area (Å²) in [6, 6.07) is -0.852. The number of allylic oxidation sites excluding steroid dienone is 15. The van der Waals surface area contributed by atoms with Crippen molar-refractivity contribution in [2.24, 2.45) is 0 Å². The number of carbonyl (C=O) groups excluding carboxylic acids is 1. The van der Waals surface area contributed by atoms with E-state index >= 15 is 0 Å². The van der Waals surface area contributed by atoms with E-state index in [2.05, 4.69) is 104 Å². The summed E-state index contributed by atoms with van der Waals surface area (Å²) < 4.78 is 11.2. The van der Waals surface area contributed by atoms with Crippen molar-refractivity contribution in [1.29, 1.82) is 0 Å². The number of hydrogen-bond donors (Lipinski definition) is 6. The van der Waals surface area contributed by atoms with Gasteiger partial charge in [-0.1, -0.05) is 220 Å². The summed E-state index contributed by atoms with van der Waals surface area (Å²) in [7, 11) is 0. The highest BCUT2D eigenvalue weighted by Gasteiger charge is 2.44. The van der Waals surface area contributed by atoms with Crippen molar-refractivity contribution in [2.45, 2.75) is 256 Å². The predicted molar refractivity (Wildman–Crippen MR) is 285 cm³/mol. The molecule has 0 radical (unpaired) electrons. The maximum atomic E-state index is 13.0. The average molecular weight is 952 g/mol. The third-order valence-corrected chi connectivity index (χ3v) is 12.4. The van der Waals surface area contributed by atoms with E-state index < -0.39 is 49.5 Å². The van der Waals surface area contributed by atoms with Crippen LogP contribution < -0.4 is 5.32 Å². The molecule has 1 heterocycles. The van der Waals surface area contributed by atoms with E-state index in [0.717, 1.165) is 70.6 Å². The van der Waals surface area contributed by atoms with Crippen molar-refractivity contribution < 1.29 is 39.8 Å². The van der Waals surface area contributed by atoms with E-state index in [1.165, 1.54) is 116 Å². The summed E-state index contributed by atoms with van der Waals surface area (Å²) in [5, 5.41) is 54.4. The molecule has 1 saturated heterocycles. The molecule has 1 fully saturated rings. The van der Waals surface area contributed by atoms with Crippen LogP contribution in [0.2, 0.25) is 0 Å². The molecule has 7 unspecified atom stereocenters. The topological polar surface area (TPSA) is 149 Å². The molecule has 6 N–H and O–H groups in total. The minimum absolute atomic E-state index is 0.224. The average Bonchev–Trinajstić information content (AvgIpc) is 3.34. The van der Waals surface area contributed by atoms with Crippen LogP contribution in [0, 0.1) is 0 Å². The first-order chi connectivity index (χ1) is 33.3. The molecule has 0 bridgehead atoms. The van der Waals surface area contributed by atoms with Crippen molar-refractivity contribution in [3.63, 3.8) is 0 Å². The van der Waals surface area contributed by atoms with Crippen LogP contribution in [0.15, 0.2) is 97.2 Å². The van der Waals surface area contributed by atoms with Gasteiger partial charge in [0, 0.05) is 6.42 Å². The Morgan fingerprint density at radius 2 is 0.926 bits per heavy atom. The number of nitrogens with one attached hydrogen (secondary N) is 1. The van der Waals surface area contributed by atoms with Gasteiger partial charge in [0.1, 0.15) is 24.4 Å². The lowest BCUT2D eigenvalue weighted by molar-refractivity contribution is -0.302. The second kappa shape index (κ2) is 47.8. The van der Waals surface area contributed by atoms with Crippen LogP contribution >= 0.6 is 0 Å². The monoisotopic (exact) mass is 952 g/mol. The fraction of sp³-hybridized carbons (Fsp3) is 0.712. The summed E-state index contributed by atoms with van der Waals surface area (Å²) in [6.45, 7) is 3.62. The van der Waals surface area contributed by atoms with Gasteiger partial charge in [-0.2, -0.15) is 0 Å². The van der Waals surface area contributed by atoms with E-state index in [-0.39, 0.29) is 18.9 Å². The highest BCUT2D eigenvalue weighted by atomic mass is 16.7. The zero-order valence-electron chi connectivity index (χ0n) is 43.1. The maximum Gasteiger partial charge on any atom is 0.220 e. The summed E-state index contributed by atoms with van der Waals surface area (Å²) in [6.07, 6.45) is 61.8. The Bertz CT molecular complexity index is 1380. The van der Waals surface area contributed by atoms with E-state index in [9.17, 15) is 30.3 Å². The summed E-state index contributed by atoms with van der Waals surface area (Å²) in [5.41, 5.74) is 0. The van der Waals surface area contributed by atoms with Crippen LogP contribution in [-0.2, 0) is 14.3 Å². The van der Waals surface area contributed by atoms with Gasteiger partial charge in [0.15, 0.2) is 6.29 Å². The van der Waals surface area contributed by atoms with Gasteiger partial charge in [-0.15, -0.1) is 0 Å². The molecule has 0 aliphatic carbocycles. The van der Waals surface area contributed by atoms with E-state index in [4.69, 9.17) is 9.47 Å². The van der Waals surface area contributed by atoms with Gasteiger partial charge in [-0.25, -0.2) is 0 Å². The van der Waals surface area contributed by atoms with Gasteiger partial charge in [0.05, 0.1) is 25.4 Å². The predicted octanol–water partition coefficient (Wildman–Crippen LogP) is 13.2. The van der Waals surface area contributed by atoms with Crippen LogP contribution in [0.4, 0.5) is 0 Å². The SMILES string of the molecule is CC/C=C\C/C=C\C/C=C\C/C=C\C/C=C\C/C=C\CCCCC(=O)NC(COC1OC(CO)C(O)C(O)C1O)C(O)/C=C/CC/C=C/CCCCCCCCCCCCCCCCCCCC. The standard InChI is InChI=1S/C59H101NO8/c1-3-5-7-9-11-13-15-17-19-21-23-25-26-27-29-30-32-34-36-38-40-42-44-46-48-53(62)52(51-67-59-58(66)57(65)56(64)54(50-61)68-59)60-55(63)49-47-45-43-41-39-37-35-33-31-28-24-22-20-18-16-14-12-10-8-6-4-2/h6,8,12,14,18,20,24,28,33,35,38-41,46,48,52-54,56-59,61-62,64-66H,3-5,7,9-11,13,15-17,19,21-23,25-27,29-32,34,36-37,42-45,47,49-51H2,1-2H3,(H,60,63)/b8-6-,14-12-,20-18-,28-24-,35-33-,40-38+,41-39-,48-46+. The quantitative estimate of drug-likeness (QED) is 0.0261. The zero-order chi connectivity index (χ0) is 49.4. The van der Waals surface area contributed by atoms with Crippen LogP contribution in [0.1, 0.15) is 213 Å². The van der Waals surface area contributed by atoms with Crippen molar-refractivity contribution in [1.82, 2.24) is 5.32 Å². The first-order valence-electron chi connectivity index (χ1n) is 27.5. The van der Waals surface area contributed by atoms with E-state index in [1.807, 2.05) is 6.08 Å². The number of aliphatic hydroxyl groups excluding tert-OH is 5. The van der Waals surface area contributed by atoms with Crippen LogP contribution in [-0.4, -0.2) is 87.5 Å². The van der Waals surface area contributed by atoms with Crippen molar-refractivity contribution >= 4 is 5.91 Å². The molecule has 0 aromatic rings. The van der Waals surface area contributed by atoms with Crippen molar-refractivity contribution in [3.8, 4) is 0 Å². The third kappa shape index (κ3) is 37.0. The Labute approximate surface area is 415 Å². The molecule has 68 heavy (non-hydrogen) atoms. The fourth-order valence-electron chi connectivity index (χ4n) is 8.06. The zero-order valence-corrected chi connectivity index (χ0v) is 43.1. The number of hydrogen-bond acceptors (Lipinski definition) is 8. The van der Waals surface area contributed by atoms with Gasteiger partial charge < -0.3 is 40.3 Å². The van der Waals surface area contributed by atoms with Gasteiger partial charge >= 0.3 is 0 Å². The van der Waals surface area contributed by atoms with Crippen LogP contribution in [0.5, 0.6) is 0 Å². The summed E-state index contributed by atoms with van der Waals surface area (Å²) >= 11 is 0. The number of aliphatic hydroxyl groups is 5. The lowest BCUT2D eigenvalue weighted by Crippen LogP contribution is -2.60. The number of carbonyl (C=O) groups is 1. The minimum Gasteiger partial charge on any atom is -0.394 e. The molecule has 0 saturated carbocycles. The number of ether oxygens (including phenoxy) is 2. The van der Waals surface area contributed by atoms with Gasteiger partial charge in [-0.3, -0.25) is 4.79 Å². The molecule has 1 aliphatic rings. The Morgan fingerprint density at radius 1 is 0.515 bits per heavy atom. The van der Waals surface area contributed by atoms with Crippen LogP contribution in [0.3, 0.4) is 0 Å². The molecule has 9 nitrogen and oxygen atoms in total. The Balaban J connectivity index is 2.33. The van der Waals surface area contributed by atoms with Crippen LogP contribution in [0.25, 0.3) is 0 Å². The first-order valence-corrected chi connectivity index (χ1v) is 27.5.